The Morgan fingerprint density at radius 3 is 2.19 bits per heavy atom. The largest absolute Gasteiger partial charge is 0.502 e. The fraction of sp³-hybridized carbons (Fsp3) is 0.636. The highest BCUT2D eigenvalue weighted by Gasteiger charge is 2.47. The van der Waals surface area contributed by atoms with Gasteiger partial charge in [-0.25, -0.2) is 4.79 Å². The number of methoxy groups -OCH3 is 1. The molecule has 0 saturated heterocycles. The number of benzene rings is 1. The molecule has 1 aromatic carbocycles. The lowest BCUT2D eigenvalue weighted by Crippen LogP contribution is -2.49. The number of ether oxygens (including phenoxy) is 2. The van der Waals surface area contributed by atoms with E-state index in [2.05, 4.69) is 5.32 Å². The molecule has 1 unspecified atom stereocenters. The van der Waals surface area contributed by atoms with Crippen molar-refractivity contribution < 1.29 is 29.1 Å². The van der Waals surface area contributed by atoms with Crippen LogP contribution in [0.4, 0.5) is 10.5 Å². The quantitative estimate of drug-likeness (QED) is 0.368. The first-order chi connectivity index (χ1) is 14.0. The van der Waals surface area contributed by atoms with Gasteiger partial charge in [0.25, 0.3) is 0 Å². The molecule has 1 rings (SSSR count). The minimum Gasteiger partial charge on any atom is -0.502 e. The Kier molecular flexibility index (Phi) is 8.05. The first-order valence-electron chi connectivity index (χ1n) is 10.0. The molecule has 0 radical (unpaired) electrons. The van der Waals surface area contributed by atoms with Gasteiger partial charge in [-0.15, -0.1) is 0 Å². The van der Waals surface area contributed by atoms with Crippen LogP contribution in [-0.4, -0.2) is 40.8 Å². The molecule has 2 N–H and O–H groups in total. The molecule has 1 aromatic rings. The Bertz CT molecular complexity index is 824. The van der Waals surface area contributed by atoms with E-state index in [4.69, 9.17) is 9.47 Å². The first kappa shape index (κ1) is 26.2. The maximum Gasteiger partial charge on any atom is 0.407 e. The smallest absolute Gasteiger partial charge is 0.407 e. The molecule has 0 aliphatic carbocycles. The van der Waals surface area contributed by atoms with Crippen molar-refractivity contribution in [3.63, 3.8) is 0 Å². The average molecular weight is 439 g/mol. The average Bonchev–Trinajstić information content (AvgIpc) is 2.59. The summed E-state index contributed by atoms with van der Waals surface area (Å²) in [6, 6.07) is 3.44. The third-order valence-corrected chi connectivity index (χ3v) is 5.39. The SMILES string of the molecule is COC(=O)C(C)(C[C@@H](Cc1ccc(O)c([N+](=O)[O-])c1)NC(=O)OC(C)(C)C)C(C)(C)C. The molecule has 0 aliphatic heterocycles. The van der Waals surface area contributed by atoms with Crippen molar-refractivity contribution in [1.82, 2.24) is 5.32 Å². The van der Waals surface area contributed by atoms with E-state index >= 15 is 0 Å². The number of aromatic hydroxyl groups is 1. The molecule has 0 aliphatic rings. The summed E-state index contributed by atoms with van der Waals surface area (Å²) in [6.07, 6.45) is -0.271. The second-order valence-electron chi connectivity index (χ2n) is 9.91. The molecule has 174 valence electrons. The van der Waals surface area contributed by atoms with Crippen LogP contribution in [0.3, 0.4) is 0 Å². The molecule has 0 saturated carbocycles. The number of esters is 1. The number of nitro benzene ring substituents is 1. The molecule has 9 nitrogen and oxygen atoms in total. The van der Waals surface area contributed by atoms with Gasteiger partial charge in [0.15, 0.2) is 5.75 Å². The van der Waals surface area contributed by atoms with E-state index in [1.54, 1.807) is 33.8 Å². The van der Waals surface area contributed by atoms with Gasteiger partial charge in [-0.1, -0.05) is 26.8 Å². The molecular formula is C22H34N2O7. The summed E-state index contributed by atoms with van der Waals surface area (Å²) < 4.78 is 10.4. The zero-order valence-electron chi connectivity index (χ0n) is 19.6. The van der Waals surface area contributed by atoms with Crippen molar-refractivity contribution in [2.24, 2.45) is 10.8 Å². The van der Waals surface area contributed by atoms with Gasteiger partial charge in [0, 0.05) is 12.1 Å². The van der Waals surface area contributed by atoms with Gasteiger partial charge in [-0.3, -0.25) is 14.9 Å². The number of phenolic OH excluding ortho intramolecular Hbond substituents is 1. The number of nitrogens with zero attached hydrogens (tertiary/aromatic N) is 1. The van der Waals surface area contributed by atoms with Crippen molar-refractivity contribution in [3.05, 3.63) is 33.9 Å². The van der Waals surface area contributed by atoms with E-state index in [1.165, 1.54) is 19.2 Å². The van der Waals surface area contributed by atoms with Crippen LogP contribution in [0.15, 0.2) is 18.2 Å². The van der Waals surface area contributed by atoms with E-state index in [-0.39, 0.29) is 12.8 Å². The summed E-state index contributed by atoms with van der Waals surface area (Å²) >= 11 is 0. The Hall–Kier alpha value is -2.84. The first-order valence-corrected chi connectivity index (χ1v) is 10.0. The molecule has 0 fully saturated rings. The fourth-order valence-electron chi connectivity index (χ4n) is 3.19. The standard InChI is InChI=1S/C22H34N2O7/c1-20(2,3)22(7,18(26)30-8)13-15(23-19(27)31-21(4,5)6)11-14-9-10-17(25)16(12-14)24(28)29/h9-10,12,15,25H,11,13H2,1-8H3,(H,23,27)/t15-,22?/m1/s1. The molecular weight excluding hydrogens is 404 g/mol. The maximum absolute atomic E-state index is 12.7. The summed E-state index contributed by atoms with van der Waals surface area (Å²) in [6.45, 7) is 12.7. The highest BCUT2D eigenvalue weighted by atomic mass is 16.6. The number of phenols is 1. The van der Waals surface area contributed by atoms with Crippen molar-refractivity contribution in [1.29, 1.82) is 0 Å². The lowest BCUT2D eigenvalue weighted by Gasteiger charge is -2.41. The molecule has 0 bridgehead atoms. The zero-order valence-corrected chi connectivity index (χ0v) is 19.6. The highest BCUT2D eigenvalue weighted by molar-refractivity contribution is 5.77. The van der Waals surface area contributed by atoms with Crippen LogP contribution in [0.25, 0.3) is 0 Å². The Morgan fingerprint density at radius 2 is 1.74 bits per heavy atom. The number of rotatable bonds is 7. The number of hydrogen-bond donors (Lipinski definition) is 2. The molecule has 0 heterocycles. The van der Waals surface area contributed by atoms with Gasteiger partial charge >= 0.3 is 17.7 Å². The zero-order chi connectivity index (χ0) is 24.2. The van der Waals surface area contributed by atoms with Gasteiger partial charge in [0.1, 0.15) is 5.60 Å². The van der Waals surface area contributed by atoms with Gasteiger partial charge in [-0.2, -0.15) is 0 Å². The fourth-order valence-corrected chi connectivity index (χ4v) is 3.19. The minimum absolute atomic E-state index is 0.184. The minimum atomic E-state index is -0.968. The van der Waals surface area contributed by atoms with Crippen LogP contribution >= 0.6 is 0 Å². The summed E-state index contributed by atoms with van der Waals surface area (Å²) in [5.74, 6) is -0.868. The predicted molar refractivity (Wildman–Crippen MR) is 116 cm³/mol. The van der Waals surface area contributed by atoms with Crippen LogP contribution in [0.5, 0.6) is 5.75 Å². The van der Waals surface area contributed by atoms with E-state index in [0.29, 0.717) is 5.56 Å². The summed E-state index contributed by atoms with van der Waals surface area (Å²) in [5, 5.41) is 23.7. The summed E-state index contributed by atoms with van der Waals surface area (Å²) in [7, 11) is 1.31. The van der Waals surface area contributed by atoms with E-state index < -0.39 is 50.9 Å². The second kappa shape index (κ2) is 9.53. The topological polar surface area (TPSA) is 128 Å². The molecule has 31 heavy (non-hydrogen) atoms. The van der Waals surface area contributed by atoms with Crippen LogP contribution in [0.2, 0.25) is 0 Å². The Balaban J connectivity index is 3.31. The second-order valence-corrected chi connectivity index (χ2v) is 9.91. The van der Waals surface area contributed by atoms with Gasteiger partial charge in [0.2, 0.25) is 0 Å². The van der Waals surface area contributed by atoms with Crippen LogP contribution in [0.1, 0.15) is 60.5 Å². The van der Waals surface area contributed by atoms with Crippen LogP contribution < -0.4 is 5.32 Å². The van der Waals surface area contributed by atoms with E-state index in [9.17, 15) is 24.8 Å². The lowest BCUT2D eigenvalue weighted by atomic mass is 9.64. The van der Waals surface area contributed by atoms with Gasteiger partial charge in [0.05, 0.1) is 17.4 Å². The third-order valence-electron chi connectivity index (χ3n) is 5.39. The highest BCUT2D eigenvalue weighted by Crippen LogP contribution is 2.43. The number of nitro groups is 1. The number of amides is 1. The van der Waals surface area contributed by atoms with Crippen molar-refractivity contribution in [3.8, 4) is 5.75 Å². The van der Waals surface area contributed by atoms with Crippen molar-refractivity contribution in [2.45, 2.75) is 73.0 Å². The summed E-state index contributed by atoms with van der Waals surface area (Å²) in [4.78, 5) is 35.6. The van der Waals surface area contributed by atoms with E-state index in [1.807, 2.05) is 20.8 Å². The molecule has 1 amide bonds. The van der Waals surface area contributed by atoms with Crippen LogP contribution in [-0.2, 0) is 20.7 Å². The predicted octanol–water partition coefficient (Wildman–Crippen LogP) is 4.35. The lowest BCUT2D eigenvalue weighted by molar-refractivity contribution is -0.385. The van der Waals surface area contributed by atoms with Gasteiger partial charge < -0.3 is 19.9 Å². The number of nitrogens with one attached hydrogen (secondary N) is 1. The van der Waals surface area contributed by atoms with E-state index in [0.717, 1.165) is 0 Å². The normalized spacial score (nSPS) is 14.8. The van der Waals surface area contributed by atoms with Crippen molar-refractivity contribution in [2.75, 3.05) is 7.11 Å². The Labute approximate surface area is 183 Å². The molecule has 9 heteroatoms. The number of alkyl carbamates (subject to hydrolysis) is 1. The van der Waals surface area contributed by atoms with Gasteiger partial charge in [-0.05, 0) is 57.6 Å². The summed E-state index contributed by atoms with van der Waals surface area (Å²) in [5.41, 5.74) is -2.10. The molecule has 0 aromatic heterocycles. The monoisotopic (exact) mass is 438 g/mol. The Morgan fingerprint density at radius 1 is 1.16 bits per heavy atom. The number of carbonyl (C=O) groups is 2. The van der Waals surface area contributed by atoms with Crippen molar-refractivity contribution >= 4 is 17.7 Å². The molecule has 2 atom stereocenters. The molecule has 0 spiro atoms. The number of hydrogen-bond acceptors (Lipinski definition) is 7. The number of carbonyl (C=O) groups excluding carboxylic acids is 2. The maximum atomic E-state index is 12.7. The third kappa shape index (κ3) is 7.11. The van der Waals surface area contributed by atoms with Crippen LogP contribution in [0, 0.1) is 20.9 Å².